The smallest absolute Gasteiger partial charge is 0.329 e. The van der Waals surface area contributed by atoms with Gasteiger partial charge < -0.3 is 11.1 Å². The van der Waals surface area contributed by atoms with Crippen LogP contribution < -0.4 is 22.3 Å². The number of thioether (sulfide) groups is 1. The van der Waals surface area contributed by atoms with E-state index in [2.05, 4.69) is 16.6 Å². The van der Waals surface area contributed by atoms with Crippen molar-refractivity contribution >= 4 is 23.3 Å². The SMILES string of the molecule is CSC1CCC(Nc2c(N)n(C)c(=O)[nH]c2=O)CC1. The number of H-pyrrole nitrogens is 1. The summed E-state index contributed by atoms with van der Waals surface area (Å²) in [6.45, 7) is 0. The standard InChI is InChI=1S/C12H20N4O2S/c1-16-10(13)9(11(17)15-12(16)18)14-7-3-5-8(19-2)6-4-7/h7-8,14H,3-6,13H2,1-2H3,(H,15,17,18). The number of rotatable bonds is 3. The van der Waals surface area contributed by atoms with Gasteiger partial charge in [-0.3, -0.25) is 14.3 Å². The molecule has 0 amide bonds. The first-order valence-corrected chi connectivity index (χ1v) is 7.69. The number of hydrogen-bond donors (Lipinski definition) is 3. The molecule has 0 unspecified atom stereocenters. The fourth-order valence-electron chi connectivity index (χ4n) is 2.42. The summed E-state index contributed by atoms with van der Waals surface area (Å²) < 4.78 is 1.25. The predicted octanol–water partition coefficient (Wildman–Crippen LogP) is 0.742. The lowest BCUT2D eigenvalue weighted by atomic mass is 9.95. The first kappa shape index (κ1) is 14.0. The zero-order chi connectivity index (χ0) is 14.0. The van der Waals surface area contributed by atoms with E-state index in [1.54, 1.807) is 7.05 Å². The summed E-state index contributed by atoms with van der Waals surface area (Å²) in [6.07, 6.45) is 6.46. The van der Waals surface area contributed by atoms with Crippen LogP contribution in [0, 0.1) is 0 Å². The maximum absolute atomic E-state index is 11.8. The number of aromatic nitrogens is 2. The molecular formula is C12H20N4O2S. The monoisotopic (exact) mass is 284 g/mol. The highest BCUT2D eigenvalue weighted by Crippen LogP contribution is 2.28. The third kappa shape index (κ3) is 2.97. The number of hydrogen-bond acceptors (Lipinski definition) is 5. The van der Waals surface area contributed by atoms with E-state index >= 15 is 0 Å². The van der Waals surface area contributed by atoms with Crippen LogP contribution in [0.5, 0.6) is 0 Å². The quantitative estimate of drug-likeness (QED) is 0.761. The molecule has 0 aromatic carbocycles. The van der Waals surface area contributed by atoms with Crippen LogP contribution in [0.15, 0.2) is 9.59 Å². The van der Waals surface area contributed by atoms with Crippen LogP contribution in [0.25, 0.3) is 0 Å². The molecule has 1 aliphatic rings. The first-order chi connectivity index (χ1) is 9.02. The van der Waals surface area contributed by atoms with E-state index in [-0.39, 0.29) is 11.9 Å². The van der Waals surface area contributed by atoms with Crippen molar-refractivity contribution in [3.05, 3.63) is 20.8 Å². The Labute approximate surface area is 115 Å². The zero-order valence-corrected chi connectivity index (χ0v) is 12.0. The number of nitrogens with two attached hydrogens (primary N) is 1. The van der Waals surface area contributed by atoms with Crippen molar-refractivity contribution < 1.29 is 0 Å². The highest BCUT2D eigenvalue weighted by molar-refractivity contribution is 7.99. The fourth-order valence-corrected chi connectivity index (χ4v) is 3.17. The number of nitrogens with one attached hydrogen (secondary N) is 2. The lowest BCUT2D eigenvalue weighted by Gasteiger charge is -2.28. The van der Waals surface area contributed by atoms with Gasteiger partial charge in [-0.2, -0.15) is 11.8 Å². The summed E-state index contributed by atoms with van der Waals surface area (Å²) in [5, 5.41) is 3.91. The molecule has 0 saturated heterocycles. The summed E-state index contributed by atoms with van der Waals surface area (Å²) in [7, 11) is 1.55. The van der Waals surface area contributed by atoms with Gasteiger partial charge >= 0.3 is 5.69 Å². The molecule has 7 heteroatoms. The Morgan fingerprint density at radius 1 is 1.32 bits per heavy atom. The highest BCUT2D eigenvalue weighted by atomic mass is 32.2. The minimum Gasteiger partial charge on any atom is -0.383 e. The van der Waals surface area contributed by atoms with Crippen molar-refractivity contribution in [1.82, 2.24) is 9.55 Å². The Kier molecular flexibility index (Phi) is 4.24. The molecule has 0 bridgehead atoms. The lowest BCUT2D eigenvalue weighted by molar-refractivity contribution is 0.472. The number of anilines is 2. The minimum atomic E-state index is -0.487. The Bertz CT molecular complexity index is 558. The maximum Gasteiger partial charge on any atom is 0.329 e. The van der Waals surface area contributed by atoms with Gasteiger partial charge in [0.2, 0.25) is 0 Å². The molecule has 19 heavy (non-hydrogen) atoms. The molecule has 2 rings (SSSR count). The predicted molar refractivity (Wildman–Crippen MR) is 79.9 cm³/mol. The van der Waals surface area contributed by atoms with E-state index in [9.17, 15) is 9.59 Å². The second-order valence-electron chi connectivity index (χ2n) is 4.93. The Balaban J connectivity index is 2.15. The van der Waals surface area contributed by atoms with Crippen LogP contribution in [0.1, 0.15) is 25.7 Å². The highest BCUT2D eigenvalue weighted by Gasteiger charge is 2.22. The van der Waals surface area contributed by atoms with Gasteiger partial charge in [0.1, 0.15) is 11.5 Å². The lowest BCUT2D eigenvalue weighted by Crippen LogP contribution is -2.36. The van der Waals surface area contributed by atoms with Crippen molar-refractivity contribution in [1.29, 1.82) is 0 Å². The van der Waals surface area contributed by atoms with Gasteiger partial charge in [0.25, 0.3) is 5.56 Å². The second-order valence-corrected chi connectivity index (χ2v) is 6.07. The molecule has 0 atom stereocenters. The van der Waals surface area contributed by atoms with Crippen molar-refractivity contribution in [2.24, 2.45) is 7.05 Å². The molecule has 0 radical (unpaired) electrons. The van der Waals surface area contributed by atoms with Gasteiger partial charge in [-0.25, -0.2) is 4.79 Å². The van der Waals surface area contributed by atoms with Crippen molar-refractivity contribution in [2.45, 2.75) is 37.0 Å². The molecule has 6 nitrogen and oxygen atoms in total. The van der Waals surface area contributed by atoms with Crippen molar-refractivity contribution in [3.8, 4) is 0 Å². The van der Waals surface area contributed by atoms with E-state index < -0.39 is 11.2 Å². The molecule has 1 aromatic rings. The Hall–Kier alpha value is -1.37. The summed E-state index contributed by atoms with van der Waals surface area (Å²) in [5.74, 6) is 0.195. The molecule has 0 spiro atoms. The van der Waals surface area contributed by atoms with E-state index in [0.717, 1.165) is 25.7 Å². The Morgan fingerprint density at radius 3 is 2.53 bits per heavy atom. The van der Waals surface area contributed by atoms with Gasteiger partial charge in [0.05, 0.1) is 0 Å². The van der Waals surface area contributed by atoms with Crippen LogP contribution in [0.2, 0.25) is 0 Å². The normalized spacial score (nSPS) is 23.3. The molecule has 1 heterocycles. The summed E-state index contributed by atoms with van der Waals surface area (Å²) >= 11 is 1.90. The van der Waals surface area contributed by atoms with Crippen molar-refractivity contribution in [3.63, 3.8) is 0 Å². The number of aromatic amines is 1. The third-order valence-corrected chi connectivity index (χ3v) is 4.86. The molecule has 4 N–H and O–H groups in total. The first-order valence-electron chi connectivity index (χ1n) is 6.41. The fraction of sp³-hybridized carbons (Fsp3) is 0.667. The molecule has 0 aliphatic heterocycles. The van der Waals surface area contributed by atoms with Gasteiger partial charge in [-0.1, -0.05) is 0 Å². The van der Waals surface area contributed by atoms with E-state index in [0.29, 0.717) is 10.9 Å². The molecule has 1 aliphatic carbocycles. The van der Waals surface area contributed by atoms with Crippen LogP contribution in [0.3, 0.4) is 0 Å². The molecule has 1 fully saturated rings. The van der Waals surface area contributed by atoms with Crippen LogP contribution in [0.4, 0.5) is 11.5 Å². The summed E-state index contributed by atoms with van der Waals surface area (Å²) in [6, 6.07) is 0.254. The molecule has 106 valence electrons. The van der Waals surface area contributed by atoms with E-state index in [1.165, 1.54) is 4.57 Å². The minimum absolute atomic E-state index is 0.195. The number of nitrogen functional groups attached to an aromatic ring is 1. The van der Waals surface area contributed by atoms with Gasteiger partial charge in [0.15, 0.2) is 0 Å². The van der Waals surface area contributed by atoms with E-state index in [1.807, 2.05) is 11.8 Å². The van der Waals surface area contributed by atoms with Crippen LogP contribution in [-0.2, 0) is 7.05 Å². The molecule has 1 aromatic heterocycles. The van der Waals surface area contributed by atoms with Gasteiger partial charge in [0, 0.05) is 18.3 Å². The molecular weight excluding hydrogens is 264 g/mol. The second kappa shape index (κ2) is 5.73. The van der Waals surface area contributed by atoms with E-state index in [4.69, 9.17) is 5.73 Å². The van der Waals surface area contributed by atoms with Crippen LogP contribution >= 0.6 is 11.8 Å². The third-order valence-electron chi connectivity index (χ3n) is 3.73. The van der Waals surface area contributed by atoms with Crippen molar-refractivity contribution in [2.75, 3.05) is 17.3 Å². The molecule has 1 saturated carbocycles. The maximum atomic E-state index is 11.8. The van der Waals surface area contributed by atoms with Gasteiger partial charge in [-0.15, -0.1) is 0 Å². The summed E-state index contributed by atoms with van der Waals surface area (Å²) in [4.78, 5) is 25.4. The average Bonchev–Trinajstić information content (AvgIpc) is 2.42. The Morgan fingerprint density at radius 2 is 1.95 bits per heavy atom. The topological polar surface area (TPSA) is 92.9 Å². The zero-order valence-electron chi connectivity index (χ0n) is 11.2. The number of nitrogens with zero attached hydrogens (tertiary/aromatic N) is 1. The van der Waals surface area contributed by atoms with Crippen LogP contribution in [-0.4, -0.2) is 27.1 Å². The largest absolute Gasteiger partial charge is 0.383 e. The summed E-state index contributed by atoms with van der Waals surface area (Å²) in [5.41, 5.74) is 5.22. The van der Waals surface area contributed by atoms with Gasteiger partial charge in [-0.05, 0) is 31.9 Å². The average molecular weight is 284 g/mol.